The number of hydrogen-bond donors (Lipinski definition) is 1. The highest BCUT2D eigenvalue weighted by Gasteiger charge is 2.14. The van der Waals surface area contributed by atoms with Crippen LogP contribution in [0.15, 0.2) is 47.0 Å². The van der Waals surface area contributed by atoms with E-state index in [2.05, 4.69) is 10.3 Å². The number of carbonyl (C=O) groups is 1. The molecule has 0 aliphatic carbocycles. The molecule has 3 heterocycles. The summed E-state index contributed by atoms with van der Waals surface area (Å²) in [4.78, 5) is 18.6. The van der Waals surface area contributed by atoms with Gasteiger partial charge in [-0.3, -0.25) is 4.79 Å². The highest BCUT2D eigenvalue weighted by atomic mass is 16.5. The van der Waals surface area contributed by atoms with Gasteiger partial charge in [-0.1, -0.05) is 18.2 Å². The van der Waals surface area contributed by atoms with E-state index in [1.165, 1.54) is 0 Å². The number of nitrogens with one attached hydrogen (secondary N) is 1. The molecule has 0 atom stereocenters. The molecule has 1 N–H and O–H groups in total. The van der Waals surface area contributed by atoms with E-state index in [0.29, 0.717) is 19.8 Å². The van der Waals surface area contributed by atoms with Crippen molar-refractivity contribution < 1.29 is 13.9 Å². The third-order valence-corrected chi connectivity index (χ3v) is 4.90. The Morgan fingerprint density at radius 1 is 1.36 bits per heavy atom. The van der Waals surface area contributed by atoms with Crippen molar-refractivity contribution in [3.63, 3.8) is 0 Å². The van der Waals surface area contributed by atoms with Crippen molar-refractivity contribution in [1.29, 1.82) is 0 Å². The predicted molar refractivity (Wildman–Crippen MR) is 109 cm³/mol. The minimum absolute atomic E-state index is 0.0934. The number of furan rings is 1. The molecule has 1 amide bonds. The molecule has 1 aliphatic rings. The second kappa shape index (κ2) is 7.86. The number of fused-ring (bicyclic) bond motifs is 2. The summed E-state index contributed by atoms with van der Waals surface area (Å²) in [5, 5.41) is 4.32. The molecule has 0 saturated heterocycles. The van der Waals surface area contributed by atoms with Crippen molar-refractivity contribution in [1.82, 2.24) is 9.88 Å². The Labute approximate surface area is 163 Å². The first-order chi connectivity index (χ1) is 13.6. The molecule has 0 unspecified atom stereocenters. The second-order valence-electron chi connectivity index (χ2n) is 6.93. The SMILES string of the molecule is Cc1c(CN(C)C(=O)/C=C/c2cnc3c(c2)COCCN3)oc2ccccc12. The van der Waals surface area contributed by atoms with Gasteiger partial charge >= 0.3 is 0 Å². The number of ether oxygens (including phenoxy) is 1. The van der Waals surface area contributed by atoms with Crippen molar-refractivity contribution in [2.75, 3.05) is 25.5 Å². The highest BCUT2D eigenvalue weighted by molar-refractivity contribution is 5.91. The average Bonchev–Trinajstić information content (AvgIpc) is 2.88. The summed E-state index contributed by atoms with van der Waals surface area (Å²) >= 11 is 0. The van der Waals surface area contributed by atoms with Crippen LogP contribution < -0.4 is 5.32 Å². The van der Waals surface area contributed by atoms with Crippen LogP contribution >= 0.6 is 0 Å². The van der Waals surface area contributed by atoms with Gasteiger partial charge in [-0.2, -0.15) is 0 Å². The first-order valence-electron chi connectivity index (χ1n) is 9.32. The number of pyridine rings is 1. The molecular formula is C22H23N3O3. The molecule has 0 radical (unpaired) electrons. The Kier molecular flexibility index (Phi) is 5.12. The van der Waals surface area contributed by atoms with Crippen molar-refractivity contribution in [3.8, 4) is 0 Å². The lowest BCUT2D eigenvalue weighted by atomic mass is 10.1. The minimum Gasteiger partial charge on any atom is -0.459 e. The molecule has 0 bridgehead atoms. The molecule has 0 spiro atoms. The summed E-state index contributed by atoms with van der Waals surface area (Å²) < 4.78 is 11.4. The van der Waals surface area contributed by atoms with Crippen molar-refractivity contribution in [2.45, 2.75) is 20.1 Å². The van der Waals surface area contributed by atoms with Gasteiger partial charge in [0.25, 0.3) is 0 Å². The van der Waals surface area contributed by atoms with Crippen LogP contribution in [0.2, 0.25) is 0 Å². The van der Waals surface area contributed by atoms with Gasteiger partial charge in [-0.15, -0.1) is 0 Å². The van der Waals surface area contributed by atoms with Gasteiger partial charge in [0.1, 0.15) is 17.2 Å². The Balaban J connectivity index is 1.45. The van der Waals surface area contributed by atoms with Crippen LogP contribution in [-0.4, -0.2) is 36.0 Å². The van der Waals surface area contributed by atoms with Crippen molar-refractivity contribution in [3.05, 3.63) is 65.1 Å². The van der Waals surface area contributed by atoms with E-state index in [4.69, 9.17) is 9.15 Å². The molecule has 4 rings (SSSR count). The molecule has 144 valence electrons. The first kappa shape index (κ1) is 18.3. The molecule has 1 aliphatic heterocycles. The summed E-state index contributed by atoms with van der Waals surface area (Å²) in [6, 6.07) is 9.90. The van der Waals surface area contributed by atoms with Gasteiger partial charge < -0.3 is 19.4 Å². The standard InChI is InChI=1S/C22H23N3O3/c1-15-18-5-3-4-6-19(18)28-20(15)13-25(2)21(26)8-7-16-11-17-14-27-10-9-23-22(17)24-12-16/h3-8,11-12H,9-10,13-14H2,1-2H3,(H,23,24)/b8-7+. The third-order valence-electron chi connectivity index (χ3n) is 4.90. The quantitative estimate of drug-likeness (QED) is 0.702. The van der Waals surface area contributed by atoms with E-state index >= 15 is 0 Å². The van der Waals surface area contributed by atoms with E-state index in [1.807, 2.05) is 37.3 Å². The smallest absolute Gasteiger partial charge is 0.246 e. The van der Waals surface area contributed by atoms with Crippen LogP contribution in [-0.2, 0) is 22.7 Å². The van der Waals surface area contributed by atoms with Crippen LogP contribution in [0.4, 0.5) is 5.82 Å². The number of nitrogens with zero attached hydrogens (tertiary/aromatic N) is 2. The maximum Gasteiger partial charge on any atom is 0.246 e. The monoisotopic (exact) mass is 377 g/mol. The van der Waals surface area contributed by atoms with Crippen LogP contribution in [0.25, 0.3) is 17.0 Å². The number of benzene rings is 1. The number of likely N-dealkylation sites (N-methyl/N-ethyl adjacent to an activating group) is 1. The maximum atomic E-state index is 12.5. The Hall–Kier alpha value is -3.12. The average molecular weight is 377 g/mol. The van der Waals surface area contributed by atoms with E-state index in [9.17, 15) is 4.79 Å². The summed E-state index contributed by atoms with van der Waals surface area (Å²) in [5.41, 5.74) is 3.78. The number of aryl methyl sites for hydroxylation is 1. The number of amides is 1. The van der Waals surface area contributed by atoms with Gasteiger partial charge in [-0.05, 0) is 30.7 Å². The van der Waals surface area contributed by atoms with Crippen LogP contribution in [0.3, 0.4) is 0 Å². The molecule has 6 heteroatoms. The van der Waals surface area contributed by atoms with Gasteiger partial charge in [0, 0.05) is 42.4 Å². The molecular weight excluding hydrogens is 354 g/mol. The molecule has 6 nitrogen and oxygen atoms in total. The number of anilines is 1. The van der Waals surface area contributed by atoms with E-state index in [-0.39, 0.29) is 5.91 Å². The van der Waals surface area contributed by atoms with Crippen molar-refractivity contribution >= 4 is 28.8 Å². The zero-order valence-electron chi connectivity index (χ0n) is 16.1. The molecule has 3 aromatic rings. The maximum absolute atomic E-state index is 12.5. The van der Waals surface area contributed by atoms with Gasteiger partial charge in [0.05, 0.1) is 19.8 Å². The zero-order valence-corrected chi connectivity index (χ0v) is 16.1. The molecule has 2 aromatic heterocycles. The van der Waals surface area contributed by atoms with Crippen LogP contribution in [0, 0.1) is 6.92 Å². The molecule has 1 aromatic carbocycles. The summed E-state index contributed by atoms with van der Waals surface area (Å²) in [6.07, 6.45) is 5.10. The lowest BCUT2D eigenvalue weighted by molar-refractivity contribution is -0.125. The van der Waals surface area contributed by atoms with E-state index in [1.54, 1.807) is 30.3 Å². The lowest BCUT2D eigenvalue weighted by Crippen LogP contribution is -2.24. The van der Waals surface area contributed by atoms with E-state index < -0.39 is 0 Å². The fraction of sp³-hybridized carbons (Fsp3) is 0.273. The first-order valence-corrected chi connectivity index (χ1v) is 9.32. The number of para-hydroxylation sites is 1. The fourth-order valence-electron chi connectivity index (χ4n) is 3.28. The van der Waals surface area contributed by atoms with E-state index in [0.717, 1.165) is 45.8 Å². The fourth-order valence-corrected chi connectivity index (χ4v) is 3.28. The normalized spacial score (nSPS) is 13.9. The number of hydrogen-bond acceptors (Lipinski definition) is 5. The van der Waals surface area contributed by atoms with Crippen LogP contribution in [0.1, 0.15) is 22.5 Å². The molecule has 0 saturated carbocycles. The molecule has 28 heavy (non-hydrogen) atoms. The predicted octanol–water partition coefficient (Wildman–Crippen LogP) is 3.75. The van der Waals surface area contributed by atoms with Gasteiger partial charge in [0.15, 0.2) is 0 Å². The third kappa shape index (κ3) is 3.77. The van der Waals surface area contributed by atoms with Crippen molar-refractivity contribution in [2.24, 2.45) is 0 Å². The Bertz CT molecular complexity index is 1040. The molecule has 0 fully saturated rings. The number of rotatable bonds is 4. The van der Waals surface area contributed by atoms with Gasteiger partial charge in [0.2, 0.25) is 5.91 Å². The topological polar surface area (TPSA) is 67.6 Å². The summed E-state index contributed by atoms with van der Waals surface area (Å²) in [6.45, 7) is 4.37. The summed E-state index contributed by atoms with van der Waals surface area (Å²) in [7, 11) is 1.77. The zero-order chi connectivity index (χ0) is 19.5. The minimum atomic E-state index is -0.0934. The Morgan fingerprint density at radius 3 is 3.07 bits per heavy atom. The summed E-state index contributed by atoms with van der Waals surface area (Å²) in [5.74, 6) is 1.56. The second-order valence-corrected chi connectivity index (χ2v) is 6.93. The highest BCUT2D eigenvalue weighted by Crippen LogP contribution is 2.25. The number of aromatic nitrogens is 1. The lowest BCUT2D eigenvalue weighted by Gasteiger charge is -2.14. The Morgan fingerprint density at radius 2 is 2.21 bits per heavy atom. The largest absolute Gasteiger partial charge is 0.459 e. The van der Waals surface area contributed by atoms with Gasteiger partial charge in [-0.25, -0.2) is 4.98 Å². The van der Waals surface area contributed by atoms with Crippen LogP contribution in [0.5, 0.6) is 0 Å². The number of carbonyl (C=O) groups excluding carboxylic acids is 1.